The fourth-order valence-corrected chi connectivity index (χ4v) is 2.76. The molecule has 0 fully saturated rings. The van der Waals surface area contributed by atoms with Crippen LogP contribution in [0.2, 0.25) is 5.02 Å². The number of carbonyl (C=O) groups is 2. The first-order valence-electron chi connectivity index (χ1n) is 8.40. The standard InChI is InChI=1S/C20H24ClN3O2/c1-13-5-10-18(14(2)11-13)22-20(26)23-19(25)12-24(4)15(3)16-6-8-17(21)9-7-16/h5-11,15H,12H2,1-4H3,(H2,22,23,25,26). The third kappa shape index (κ3) is 5.58. The van der Waals surface area contributed by atoms with Crippen LogP contribution in [0.3, 0.4) is 0 Å². The number of likely N-dealkylation sites (N-methyl/N-ethyl adjacent to an activating group) is 1. The van der Waals surface area contributed by atoms with Crippen LogP contribution >= 0.6 is 11.6 Å². The molecule has 0 aliphatic rings. The summed E-state index contributed by atoms with van der Waals surface area (Å²) in [6.07, 6.45) is 0. The molecule has 3 amide bonds. The number of imide groups is 1. The van der Waals surface area contributed by atoms with Gasteiger partial charge in [-0.3, -0.25) is 15.0 Å². The van der Waals surface area contributed by atoms with Gasteiger partial charge in [0, 0.05) is 16.8 Å². The van der Waals surface area contributed by atoms with Gasteiger partial charge in [0.2, 0.25) is 5.91 Å². The Morgan fingerprint density at radius 3 is 2.38 bits per heavy atom. The minimum Gasteiger partial charge on any atom is -0.307 e. The largest absolute Gasteiger partial charge is 0.325 e. The Kier molecular flexibility index (Phi) is 6.77. The van der Waals surface area contributed by atoms with Crippen LogP contribution in [0.4, 0.5) is 10.5 Å². The maximum Gasteiger partial charge on any atom is 0.325 e. The summed E-state index contributed by atoms with van der Waals surface area (Å²) < 4.78 is 0. The SMILES string of the molecule is Cc1ccc(NC(=O)NC(=O)CN(C)C(C)c2ccc(Cl)cc2)c(C)c1. The zero-order valence-electron chi connectivity index (χ0n) is 15.5. The van der Waals surface area contributed by atoms with Gasteiger partial charge in [-0.05, 0) is 57.1 Å². The summed E-state index contributed by atoms with van der Waals surface area (Å²) in [6.45, 7) is 5.99. The number of halogens is 1. The van der Waals surface area contributed by atoms with Crippen molar-refractivity contribution in [1.29, 1.82) is 0 Å². The molecule has 0 aliphatic carbocycles. The van der Waals surface area contributed by atoms with Crippen LogP contribution in [-0.2, 0) is 4.79 Å². The quantitative estimate of drug-likeness (QED) is 0.821. The fourth-order valence-electron chi connectivity index (χ4n) is 2.63. The van der Waals surface area contributed by atoms with Crippen LogP contribution < -0.4 is 10.6 Å². The highest BCUT2D eigenvalue weighted by Crippen LogP contribution is 2.20. The van der Waals surface area contributed by atoms with Gasteiger partial charge >= 0.3 is 6.03 Å². The Morgan fingerprint density at radius 1 is 1.12 bits per heavy atom. The van der Waals surface area contributed by atoms with E-state index < -0.39 is 6.03 Å². The lowest BCUT2D eigenvalue weighted by atomic mass is 10.1. The third-order valence-electron chi connectivity index (χ3n) is 4.29. The molecular formula is C20H24ClN3O2. The summed E-state index contributed by atoms with van der Waals surface area (Å²) in [7, 11) is 1.83. The monoisotopic (exact) mass is 373 g/mol. The molecule has 0 saturated heterocycles. The first-order valence-corrected chi connectivity index (χ1v) is 8.78. The van der Waals surface area contributed by atoms with Crippen molar-refractivity contribution in [3.63, 3.8) is 0 Å². The van der Waals surface area contributed by atoms with Crippen molar-refractivity contribution < 1.29 is 9.59 Å². The number of benzene rings is 2. The van der Waals surface area contributed by atoms with Crippen LogP contribution in [0, 0.1) is 13.8 Å². The number of urea groups is 1. The predicted octanol–water partition coefficient (Wildman–Crippen LogP) is 4.30. The van der Waals surface area contributed by atoms with Gasteiger partial charge in [-0.2, -0.15) is 0 Å². The van der Waals surface area contributed by atoms with Crippen molar-refractivity contribution in [2.24, 2.45) is 0 Å². The zero-order valence-corrected chi connectivity index (χ0v) is 16.2. The van der Waals surface area contributed by atoms with E-state index in [2.05, 4.69) is 10.6 Å². The maximum absolute atomic E-state index is 12.1. The Labute approximate surface area is 159 Å². The second-order valence-electron chi connectivity index (χ2n) is 6.46. The van der Waals surface area contributed by atoms with Crippen molar-refractivity contribution in [2.75, 3.05) is 18.9 Å². The van der Waals surface area contributed by atoms with E-state index in [1.165, 1.54) is 0 Å². The van der Waals surface area contributed by atoms with Crippen LogP contribution in [0.5, 0.6) is 0 Å². The molecule has 0 saturated carbocycles. The summed E-state index contributed by atoms with van der Waals surface area (Å²) in [4.78, 5) is 26.1. The summed E-state index contributed by atoms with van der Waals surface area (Å²) in [5, 5.41) is 5.74. The number of nitrogens with zero attached hydrogens (tertiary/aromatic N) is 1. The first-order chi connectivity index (χ1) is 12.3. The number of aryl methyl sites for hydroxylation is 2. The Bertz CT molecular complexity index is 790. The lowest BCUT2D eigenvalue weighted by molar-refractivity contribution is -0.121. The summed E-state index contributed by atoms with van der Waals surface area (Å²) >= 11 is 5.90. The van der Waals surface area contributed by atoms with E-state index in [1.54, 1.807) is 0 Å². The molecule has 0 bridgehead atoms. The van der Waals surface area contributed by atoms with E-state index >= 15 is 0 Å². The smallest absolute Gasteiger partial charge is 0.307 e. The molecule has 2 N–H and O–H groups in total. The van der Waals surface area contributed by atoms with E-state index in [9.17, 15) is 9.59 Å². The Hall–Kier alpha value is -2.37. The van der Waals surface area contributed by atoms with Gasteiger partial charge in [-0.1, -0.05) is 41.4 Å². The second kappa shape index (κ2) is 8.83. The molecule has 5 nitrogen and oxygen atoms in total. The molecule has 0 radical (unpaired) electrons. The van der Waals surface area contributed by atoms with E-state index in [0.29, 0.717) is 10.7 Å². The van der Waals surface area contributed by atoms with Gasteiger partial charge in [0.25, 0.3) is 0 Å². The topological polar surface area (TPSA) is 61.4 Å². The average molecular weight is 374 g/mol. The van der Waals surface area contributed by atoms with Crippen LogP contribution in [0.1, 0.15) is 29.7 Å². The van der Waals surface area contributed by atoms with Gasteiger partial charge in [-0.25, -0.2) is 4.79 Å². The fraction of sp³-hybridized carbons (Fsp3) is 0.300. The Morgan fingerprint density at radius 2 is 1.77 bits per heavy atom. The number of carbonyl (C=O) groups excluding carboxylic acids is 2. The molecule has 2 rings (SSSR count). The van der Waals surface area contributed by atoms with Gasteiger partial charge in [0.15, 0.2) is 0 Å². The van der Waals surface area contributed by atoms with Crippen molar-refractivity contribution in [2.45, 2.75) is 26.8 Å². The van der Waals surface area contributed by atoms with Crippen molar-refractivity contribution >= 4 is 29.2 Å². The van der Waals surface area contributed by atoms with Crippen LogP contribution in [0.25, 0.3) is 0 Å². The summed E-state index contributed by atoms with van der Waals surface area (Å²) in [6, 6.07) is 12.7. The van der Waals surface area contributed by atoms with Gasteiger partial charge in [0.1, 0.15) is 0 Å². The number of hydrogen-bond donors (Lipinski definition) is 2. The second-order valence-corrected chi connectivity index (χ2v) is 6.90. The lowest BCUT2D eigenvalue weighted by Gasteiger charge is -2.24. The van der Waals surface area contributed by atoms with E-state index in [1.807, 2.05) is 75.2 Å². The molecule has 0 aromatic heterocycles. The zero-order chi connectivity index (χ0) is 19.3. The van der Waals surface area contributed by atoms with Crippen LogP contribution in [0.15, 0.2) is 42.5 Å². The predicted molar refractivity (Wildman–Crippen MR) is 106 cm³/mol. The molecule has 1 atom stereocenters. The normalized spacial score (nSPS) is 11.9. The Balaban J connectivity index is 1.88. The molecular weight excluding hydrogens is 350 g/mol. The van der Waals surface area contributed by atoms with E-state index in [4.69, 9.17) is 11.6 Å². The lowest BCUT2D eigenvalue weighted by Crippen LogP contribution is -2.41. The number of rotatable bonds is 5. The van der Waals surface area contributed by atoms with Crippen molar-refractivity contribution in [3.05, 3.63) is 64.2 Å². The molecule has 1 unspecified atom stereocenters. The average Bonchev–Trinajstić information content (AvgIpc) is 2.57. The van der Waals surface area contributed by atoms with Crippen molar-refractivity contribution in [1.82, 2.24) is 10.2 Å². The van der Waals surface area contributed by atoms with E-state index in [-0.39, 0.29) is 18.5 Å². The molecule has 26 heavy (non-hydrogen) atoms. The molecule has 0 spiro atoms. The third-order valence-corrected chi connectivity index (χ3v) is 4.54. The number of nitrogens with one attached hydrogen (secondary N) is 2. The summed E-state index contributed by atoms with van der Waals surface area (Å²) in [5.41, 5.74) is 3.79. The van der Waals surface area contributed by atoms with Crippen LogP contribution in [-0.4, -0.2) is 30.4 Å². The molecule has 2 aromatic carbocycles. The first kappa shape index (κ1) is 19.9. The minimum atomic E-state index is -0.533. The highest BCUT2D eigenvalue weighted by molar-refractivity contribution is 6.30. The molecule has 0 aliphatic heterocycles. The molecule has 138 valence electrons. The van der Waals surface area contributed by atoms with E-state index in [0.717, 1.165) is 16.7 Å². The highest BCUT2D eigenvalue weighted by atomic mass is 35.5. The number of anilines is 1. The molecule has 0 heterocycles. The molecule has 6 heteroatoms. The molecule has 2 aromatic rings. The number of amides is 3. The summed E-state index contributed by atoms with van der Waals surface area (Å²) in [5.74, 6) is -0.365. The number of hydrogen-bond acceptors (Lipinski definition) is 3. The van der Waals surface area contributed by atoms with Crippen molar-refractivity contribution in [3.8, 4) is 0 Å². The minimum absolute atomic E-state index is 0.0143. The highest BCUT2D eigenvalue weighted by Gasteiger charge is 2.16. The van der Waals surface area contributed by atoms with Gasteiger partial charge < -0.3 is 5.32 Å². The van der Waals surface area contributed by atoms with Gasteiger partial charge in [-0.15, -0.1) is 0 Å². The maximum atomic E-state index is 12.1. The van der Waals surface area contributed by atoms with Gasteiger partial charge in [0.05, 0.1) is 6.54 Å².